The van der Waals surface area contributed by atoms with Crippen LogP contribution in [0, 0.1) is 0 Å². The Labute approximate surface area is 211 Å². The number of rotatable bonds is 7. The number of aromatic nitrogens is 2. The van der Waals surface area contributed by atoms with Crippen LogP contribution in [0.3, 0.4) is 0 Å². The highest BCUT2D eigenvalue weighted by Gasteiger charge is 2.43. The molecule has 0 unspecified atom stereocenters. The number of carbonyl (C=O) groups is 2. The number of nitrogens with zero attached hydrogens (tertiary/aromatic N) is 4. The van der Waals surface area contributed by atoms with Crippen molar-refractivity contribution in [1.29, 1.82) is 0 Å². The molecule has 1 aliphatic carbocycles. The van der Waals surface area contributed by atoms with Crippen LogP contribution in [0.2, 0.25) is 0 Å². The number of carbonyl (C=O) groups excluding carboxylic acids is 2. The fourth-order valence-corrected chi connectivity index (χ4v) is 7.35. The normalized spacial score (nSPS) is 17.6. The Hall–Kier alpha value is -2.43. The van der Waals surface area contributed by atoms with Crippen LogP contribution in [0.5, 0.6) is 0 Å². The van der Waals surface area contributed by atoms with E-state index in [0.29, 0.717) is 15.2 Å². The van der Waals surface area contributed by atoms with Crippen LogP contribution in [-0.4, -0.2) is 58.8 Å². The van der Waals surface area contributed by atoms with E-state index in [2.05, 4.69) is 38.6 Å². The van der Waals surface area contributed by atoms with Crippen LogP contribution in [0.4, 0.5) is 10.8 Å². The lowest BCUT2D eigenvalue weighted by Gasteiger charge is -2.36. The maximum Gasteiger partial charge on any atom is 0.237 e. The van der Waals surface area contributed by atoms with Crippen molar-refractivity contribution in [3.63, 3.8) is 0 Å². The number of hydrogen-bond donors (Lipinski definition) is 1. The van der Waals surface area contributed by atoms with Gasteiger partial charge in [-0.25, -0.2) is 0 Å². The van der Waals surface area contributed by atoms with Crippen molar-refractivity contribution in [2.45, 2.75) is 35.4 Å². The summed E-state index contributed by atoms with van der Waals surface area (Å²) in [7, 11) is 0. The Bertz CT molecular complexity index is 1100. The molecule has 2 aromatic heterocycles. The first-order valence-corrected chi connectivity index (χ1v) is 14.2. The molecule has 7 nitrogen and oxygen atoms in total. The summed E-state index contributed by atoms with van der Waals surface area (Å²) < 4.78 is 0.697. The van der Waals surface area contributed by atoms with E-state index in [9.17, 15) is 9.59 Å². The van der Waals surface area contributed by atoms with Crippen LogP contribution in [0.25, 0.3) is 0 Å². The number of anilines is 2. The zero-order valence-electron chi connectivity index (χ0n) is 18.8. The number of benzene rings is 1. The van der Waals surface area contributed by atoms with Gasteiger partial charge in [-0.1, -0.05) is 60.2 Å². The van der Waals surface area contributed by atoms with Crippen molar-refractivity contribution in [2.24, 2.45) is 0 Å². The number of para-hydroxylation sites is 1. The summed E-state index contributed by atoms with van der Waals surface area (Å²) in [6.45, 7) is 3.11. The van der Waals surface area contributed by atoms with Crippen molar-refractivity contribution in [3.8, 4) is 0 Å². The van der Waals surface area contributed by atoms with E-state index >= 15 is 0 Å². The predicted octanol–water partition coefficient (Wildman–Crippen LogP) is 4.49. The molecule has 0 bridgehead atoms. The monoisotopic (exact) mass is 513 g/mol. The average molecular weight is 514 g/mol. The van der Waals surface area contributed by atoms with Crippen LogP contribution < -0.4 is 10.2 Å². The second-order valence-electron chi connectivity index (χ2n) is 8.59. The van der Waals surface area contributed by atoms with Gasteiger partial charge in [-0.15, -0.1) is 21.5 Å². The van der Waals surface area contributed by atoms with Gasteiger partial charge in [0, 0.05) is 36.7 Å². The molecule has 2 amide bonds. The molecule has 0 atom stereocenters. The highest BCUT2D eigenvalue weighted by molar-refractivity contribution is 8.01. The molecule has 1 saturated heterocycles. The van der Waals surface area contributed by atoms with Crippen molar-refractivity contribution in [3.05, 3.63) is 52.7 Å². The fourth-order valence-electron chi connectivity index (χ4n) is 4.72. The predicted molar refractivity (Wildman–Crippen MR) is 139 cm³/mol. The minimum Gasteiger partial charge on any atom is -0.368 e. The average Bonchev–Trinajstić information content (AvgIpc) is 3.65. The molecule has 2 fully saturated rings. The fraction of sp³-hybridized carbons (Fsp3) is 0.417. The van der Waals surface area contributed by atoms with Crippen molar-refractivity contribution >= 4 is 57.1 Å². The molecule has 1 aromatic carbocycles. The zero-order chi connectivity index (χ0) is 23.4. The molecule has 1 aliphatic heterocycles. The van der Waals surface area contributed by atoms with E-state index in [1.807, 2.05) is 34.5 Å². The Morgan fingerprint density at radius 1 is 1.00 bits per heavy atom. The first-order valence-electron chi connectivity index (χ1n) is 11.5. The van der Waals surface area contributed by atoms with Gasteiger partial charge < -0.3 is 9.80 Å². The lowest BCUT2D eigenvalue weighted by atomic mass is 9.83. The Kier molecular flexibility index (Phi) is 7.17. The first-order chi connectivity index (χ1) is 16.6. The van der Waals surface area contributed by atoms with E-state index in [4.69, 9.17) is 0 Å². The molecule has 2 aliphatic rings. The van der Waals surface area contributed by atoms with E-state index in [1.165, 1.54) is 28.8 Å². The molecule has 3 aromatic rings. The minimum atomic E-state index is -0.453. The zero-order valence-corrected chi connectivity index (χ0v) is 21.3. The molecule has 10 heteroatoms. The molecule has 5 rings (SSSR count). The van der Waals surface area contributed by atoms with Gasteiger partial charge in [-0.05, 0) is 36.4 Å². The third kappa shape index (κ3) is 4.99. The molecule has 1 N–H and O–H groups in total. The molecule has 1 saturated carbocycles. The third-order valence-corrected chi connectivity index (χ3v) is 9.62. The standard InChI is InChI=1S/C24H27N5O2S3/c30-20(29-14-12-28(13-15-29)18-7-2-1-3-8-18)17-33-23-27-26-22(34-23)25-21(31)24(10-4-5-11-24)19-9-6-16-32-19/h1-3,6-9,16H,4-5,10-15,17H2,(H,25,26,31). The maximum absolute atomic E-state index is 13.2. The summed E-state index contributed by atoms with van der Waals surface area (Å²) in [6.07, 6.45) is 3.85. The first kappa shape index (κ1) is 23.3. The summed E-state index contributed by atoms with van der Waals surface area (Å²) in [4.78, 5) is 31.3. The van der Waals surface area contributed by atoms with Gasteiger partial charge in [-0.2, -0.15) is 0 Å². The number of piperazine rings is 1. The second kappa shape index (κ2) is 10.5. The van der Waals surface area contributed by atoms with Crippen LogP contribution in [-0.2, 0) is 15.0 Å². The molecule has 0 spiro atoms. The van der Waals surface area contributed by atoms with Crippen LogP contribution >= 0.6 is 34.4 Å². The van der Waals surface area contributed by atoms with Gasteiger partial charge in [-0.3, -0.25) is 14.9 Å². The molecular weight excluding hydrogens is 486 g/mol. The highest BCUT2D eigenvalue weighted by Crippen LogP contribution is 2.44. The van der Waals surface area contributed by atoms with Crippen LogP contribution in [0.1, 0.15) is 30.6 Å². The molecule has 34 heavy (non-hydrogen) atoms. The SMILES string of the molecule is O=C(CSc1nnc(NC(=O)C2(c3cccs3)CCCC2)s1)N1CCN(c2ccccc2)CC1. The van der Waals surface area contributed by atoms with Crippen molar-refractivity contribution in [1.82, 2.24) is 15.1 Å². The smallest absolute Gasteiger partial charge is 0.237 e. The van der Waals surface area contributed by atoms with Gasteiger partial charge in [0.15, 0.2) is 4.34 Å². The topological polar surface area (TPSA) is 78.4 Å². The molecule has 178 valence electrons. The Morgan fingerprint density at radius 2 is 1.76 bits per heavy atom. The van der Waals surface area contributed by atoms with Gasteiger partial charge in [0.1, 0.15) is 0 Å². The lowest BCUT2D eigenvalue weighted by Crippen LogP contribution is -2.49. The summed E-state index contributed by atoms with van der Waals surface area (Å²) in [5, 5.41) is 13.9. The van der Waals surface area contributed by atoms with E-state index in [-0.39, 0.29) is 11.8 Å². The molecular formula is C24H27N5O2S3. The van der Waals surface area contributed by atoms with E-state index in [1.54, 1.807) is 11.3 Å². The number of hydrogen-bond acceptors (Lipinski definition) is 8. The second-order valence-corrected chi connectivity index (χ2v) is 11.7. The minimum absolute atomic E-state index is 0.00696. The number of thiophene rings is 1. The summed E-state index contributed by atoms with van der Waals surface area (Å²) >= 11 is 4.37. The van der Waals surface area contributed by atoms with Crippen molar-refractivity contribution < 1.29 is 9.59 Å². The summed E-state index contributed by atoms with van der Waals surface area (Å²) in [5.41, 5.74) is 0.747. The number of thioether (sulfide) groups is 1. The highest BCUT2D eigenvalue weighted by atomic mass is 32.2. The van der Waals surface area contributed by atoms with Gasteiger partial charge in [0.2, 0.25) is 16.9 Å². The lowest BCUT2D eigenvalue weighted by molar-refractivity contribution is -0.128. The Morgan fingerprint density at radius 3 is 2.47 bits per heavy atom. The number of amides is 2. The van der Waals surface area contributed by atoms with Gasteiger partial charge in [0.05, 0.1) is 11.2 Å². The summed E-state index contributed by atoms with van der Waals surface area (Å²) in [6, 6.07) is 14.4. The van der Waals surface area contributed by atoms with Crippen LogP contribution in [0.15, 0.2) is 52.2 Å². The van der Waals surface area contributed by atoms with E-state index in [0.717, 1.165) is 56.7 Å². The molecule has 3 heterocycles. The summed E-state index contributed by atoms with van der Waals surface area (Å²) in [5.74, 6) is 0.446. The van der Waals surface area contributed by atoms with Crippen molar-refractivity contribution in [2.75, 3.05) is 42.1 Å². The van der Waals surface area contributed by atoms with Gasteiger partial charge in [0.25, 0.3) is 0 Å². The Balaban J connectivity index is 1.12. The quantitative estimate of drug-likeness (QED) is 0.370. The number of nitrogens with one attached hydrogen (secondary N) is 1. The third-order valence-electron chi connectivity index (χ3n) is 6.58. The molecule has 0 radical (unpaired) electrons. The van der Waals surface area contributed by atoms with E-state index < -0.39 is 5.41 Å². The largest absolute Gasteiger partial charge is 0.368 e. The van der Waals surface area contributed by atoms with Gasteiger partial charge >= 0.3 is 0 Å². The maximum atomic E-state index is 13.2.